The summed E-state index contributed by atoms with van der Waals surface area (Å²) in [5.74, 6) is 0.568. The Morgan fingerprint density at radius 2 is 1.92 bits per heavy atom. The molecule has 1 amide bonds. The highest BCUT2D eigenvalue weighted by atomic mass is 16.5. The summed E-state index contributed by atoms with van der Waals surface area (Å²) in [4.78, 5) is 24.8. The number of carboxylic acids is 1. The second-order valence-corrected chi connectivity index (χ2v) is 5.81. The first-order valence-corrected chi connectivity index (χ1v) is 8.19. The topological polar surface area (TPSA) is 80.0 Å². The van der Waals surface area contributed by atoms with Gasteiger partial charge >= 0.3 is 5.97 Å². The van der Waals surface area contributed by atoms with Crippen molar-refractivity contribution >= 4 is 11.9 Å². The average molecular weight is 345 g/mol. The molecular weight excluding hydrogens is 322 g/mol. The van der Waals surface area contributed by atoms with Gasteiger partial charge in [0, 0.05) is 13.5 Å². The minimum atomic E-state index is -1.03. The van der Waals surface area contributed by atoms with Crippen LogP contribution in [-0.2, 0) is 17.8 Å². The maximum absolute atomic E-state index is 12.3. The Kier molecular flexibility index (Phi) is 6.22. The predicted octanol–water partition coefficient (Wildman–Crippen LogP) is 3.28. The number of ether oxygens (including phenoxy) is 1. The molecule has 1 heterocycles. The van der Waals surface area contributed by atoms with Crippen molar-refractivity contribution in [3.05, 3.63) is 53.0 Å². The Labute approximate surface area is 147 Å². The molecule has 0 saturated heterocycles. The number of aromatic carboxylic acids is 1. The molecule has 6 heteroatoms. The Bertz CT molecular complexity index is 733. The number of benzene rings is 1. The number of furan rings is 1. The standard InChI is InChI=1S/C19H23NO5/c1-4-24-15-8-5-14(6-9-15)7-10-18(21)20(3)12-16-11-17(19(22)23)13(2)25-16/h5-6,8-9,11H,4,7,10,12H2,1-3H3,(H,22,23). The van der Waals surface area contributed by atoms with E-state index in [4.69, 9.17) is 14.3 Å². The van der Waals surface area contributed by atoms with Gasteiger partial charge in [-0.05, 0) is 44.0 Å². The zero-order valence-corrected chi connectivity index (χ0v) is 14.7. The number of carbonyl (C=O) groups excluding carboxylic acids is 1. The summed E-state index contributed by atoms with van der Waals surface area (Å²) < 4.78 is 10.8. The second kappa shape index (κ2) is 8.37. The van der Waals surface area contributed by atoms with E-state index in [0.29, 0.717) is 31.0 Å². The molecule has 134 valence electrons. The maximum atomic E-state index is 12.3. The first-order valence-electron chi connectivity index (χ1n) is 8.19. The van der Waals surface area contributed by atoms with E-state index in [2.05, 4.69) is 0 Å². The van der Waals surface area contributed by atoms with Crippen LogP contribution in [0.1, 0.15) is 40.8 Å². The van der Waals surface area contributed by atoms with E-state index in [1.807, 2.05) is 31.2 Å². The summed E-state index contributed by atoms with van der Waals surface area (Å²) in [6.45, 7) is 4.40. The van der Waals surface area contributed by atoms with Crippen LogP contribution in [0.15, 0.2) is 34.7 Å². The lowest BCUT2D eigenvalue weighted by Gasteiger charge is -2.15. The van der Waals surface area contributed by atoms with E-state index in [0.717, 1.165) is 11.3 Å². The molecule has 0 aliphatic heterocycles. The van der Waals surface area contributed by atoms with Crippen molar-refractivity contribution in [1.29, 1.82) is 0 Å². The number of carboxylic acid groups (broad SMARTS) is 1. The van der Waals surface area contributed by atoms with E-state index in [1.54, 1.807) is 18.9 Å². The highest BCUT2D eigenvalue weighted by Gasteiger charge is 2.16. The Balaban J connectivity index is 1.87. The lowest BCUT2D eigenvalue weighted by atomic mass is 10.1. The van der Waals surface area contributed by atoms with Crippen LogP contribution in [0.3, 0.4) is 0 Å². The van der Waals surface area contributed by atoms with Gasteiger partial charge < -0.3 is 19.2 Å². The van der Waals surface area contributed by atoms with Gasteiger partial charge in [0.05, 0.1) is 13.2 Å². The molecule has 0 fully saturated rings. The predicted molar refractivity (Wildman–Crippen MR) is 92.8 cm³/mol. The Morgan fingerprint density at radius 1 is 1.24 bits per heavy atom. The van der Waals surface area contributed by atoms with Gasteiger partial charge in [-0.3, -0.25) is 4.79 Å². The molecule has 0 atom stereocenters. The van der Waals surface area contributed by atoms with Crippen molar-refractivity contribution in [3.8, 4) is 5.75 Å². The molecule has 1 aromatic heterocycles. The number of rotatable bonds is 8. The highest BCUT2D eigenvalue weighted by molar-refractivity contribution is 5.88. The summed E-state index contributed by atoms with van der Waals surface area (Å²) in [5.41, 5.74) is 1.19. The largest absolute Gasteiger partial charge is 0.494 e. The van der Waals surface area contributed by atoms with Crippen molar-refractivity contribution in [2.75, 3.05) is 13.7 Å². The minimum Gasteiger partial charge on any atom is -0.494 e. The minimum absolute atomic E-state index is 0.0280. The van der Waals surface area contributed by atoms with Crippen molar-refractivity contribution in [3.63, 3.8) is 0 Å². The number of aryl methyl sites for hydroxylation is 2. The van der Waals surface area contributed by atoms with E-state index in [1.165, 1.54) is 6.07 Å². The summed E-state index contributed by atoms with van der Waals surface area (Å²) in [6, 6.07) is 9.16. The zero-order valence-electron chi connectivity index (χ0n) is 14.7. The van der Waals surface area contributed by atoms with Crippen LogP contribution in [0.25, 0.3) is 0 Å². The van der Waals surface area contributed by atoms with Crippen LogP contribution in [0.2, 0.25) is 0 Å². The van der Waals surface area contributed by atoms with Gasteiger partial charge in [-0.2, -0.15) is 0 Å². The third-order valence-electron chi connectivity index (χ3n) is 3.88. The molecule has 1 N–H and O–H groups in total. The van der Waals surface area contributed by atoms with Crippen LogP contribution < -0.4 is 4.74 Å². The molecule has 0 spiro atoms. The first kappa shape index (κ1) is 18.6. The van der Waals surface area contributed by atoms with E-state index < -0.39 is 5.97 Å². The fourth-order valence-electron chi connectivity index (χ4n) is 2.52. The van der Waals surface area contributed by atoms with Crippen LogP contribution in [0.5, 0.6) is 5.75 Å². The smallest absolute Gasteiger partial charge is 0.339 e. The number of hydrogen-bond donors (Lipinski definition) is 1. The van der Waals surface area contributed by atoms with E-state index >= 15 is 0 Å². The third kappa shape index (κ3) is 5.11. The molecule has 0 aliphatic carbocycles. The molecule has 0 unspecified atom stereocenters. The van der Waals surface area contributed by atoms with Gasteiger partial charge in [-0.1, -0.05) is 12.1 Å². The van der Waals surface area contributed by atoms with Crippen LogP contribution in [0, 0.1) is 6.92 Å². The van der Waals surface area contributed by atoms with Gasteiger partial charge in [-0.15, -0.1) is 0 Å². The van der Waals surface area contributed by atoms with Crippen molar-refractivity contribution in [2.45, 2.75) is 33.2 Å². The van der Waals surface area contributed by atoms with Gasteiger partial charge in [0.25, 0.3) is 0 Å². The number of amides is 1. The lowest BCUT2D eigenvalue weighted by molar-refractivity contribution is -0.130. The van der Waals surface area contributed by atoms with Gasteiger partial charge in [-0.25, -0.2) is 4.79 Å². The number of nitrogens with zero attached hydrogens (tertiary/aromatic N) is 1. The normalized spacial score (nSPS) is 10.5. The van der Waals surface area contributed by atoms with E-state index in [9.17, 15) is 9.59 Å². The van der Waals surface area contributed by atoms with Gasteiger partial charge in [0.1, 0.15) is 22.8 Å². The Hall–Kier alpha value is -2.76. The highest BCUT2D eigenvalue weighted by Crippen LogP contribution is 2.17. The summed E-state index contributed by atoms with van der Waals surface area (Å²) in [6.07, 6.45) is 1.00. The van der Waals surface area contributed by atoms with Gasteiger partial charge in [0.2, 0.25) is 5.91 Å². The van der Waals surface area contributed by atoms with Crippen LogP contribution in [0.4, 0.5) is 0 Å². The second-order valence-electron chi connectivity index (χ2n) is 5.81. The molecule has 0 bridgehead atoms. The average Bonchev–Trinajstić information content (AvgIpc) is 2.94. The number of carbonyl (C=O) groups is 2. The molecule has 2 rings (SSSR count). The Morgan fingerprint density at radius 3 is 2.48 bits per heavy atom. The molecule has 0 saturated carbocycles. The third-order valence-corrected chi connectivity index (χ3v) is 3.88. The first-order chi connectivity index (χ1) is 11.9. The molecule has 1 aromatic carbocycles. The van der Waals surface area contributed by atoms with E-state index in [-0.39, 0.29) is 18.0 Å². The van der Waals surface area contributed by atoms with Gasteiger partial charge in [0.15, 0.2) is 0 Å². The zero-order chi connectivity index (χ0) is 18.4. The molecule has 2 aromatic rings. The summed E-state index contributed by atoms with van der Waals surface area (Å²) in [5, 5.41) is 9.04. The molecular formula is C19H23NO5. The fraction of sp³-hybridized carbons (Fsp3) is 0.368. The fourth-order valence-corrected chi connectivity index (χ4v) is 2.52. The summed E-state index contributed by atoms with van der Waals surface area (Å²) in [7, 11) is 1.68. The lowest BCUT2D eigenvalue weighted by Crippen LogP contribution is -2.26. The number of hydrogen-bond acceptors (Lipinski definition) is 4. The van der Waals surface area contributed by atoms with Crippen molar-refractivity contribution in [2.24, 2.45) is 0 Å². The van der Waals surface area contributed by atoms with Crippen molar-refractivity contribution in [1.82, 2.24) is 4.90 Å². The molecule has 25 heavy (non-hydrogen) atoms. The maximum Gasteiger partial charge on any atom is 0.339 e. The monoisotopic (exact) mass is 345 g/mol. The van der Waals surface area contributed by atoms with Crippen molar-refractivity contribution < 1.29 is 23.8 Å². The van der Waals surface area contributed by atoms with Crippen LogP contribution >= 0.6 is 0 Å². The molecule has 0 radical (unpaired) electrons. The van der Waals surface area contributed by atoms with Crippen LogP contribution in [-0.4, -0.2) is 35.5 Å². The summed E-state index contributed by atoms with van der Waals surface area (Å²) >= 11 is 0. The quantitative estimate of drug-likeness (QED) is 0.794. The SMILES string of the molecule is CCOc1ccc(CCC(=O)N(C)Cc2cc(C(=O)O)c(C)o2)cc1. The molecule has 6 nitrogen and oxygen atoms in total. The molecule has 0 aliphatic rings.